The van der Waals surface area contributed by atoms with E-state index in [1.54, 1.807) is 14.2 Å². The second-order valence-corrected chi connectivity index (χ2v) is 5.80. The number of benzene rings is 1. The molecule has 0 bridgehead atoms. The molecule has 0 spiro atoms. The van der Waals surface area contributed by atoms with E-state index in [1.165, 1.54) is 23.8 Å². The molecule has 6 nitrogen and oxygen atoms in total. The highest BCUT2D eigenvalue weighted by Crippen LogP contribution is 2.27. The molecule has 1 aromatic carbocycles. The third-order valence-corrected chi connectivity index (χ3v) is 3.99. The van der Waals surface area contributed by atoms with E-state index in [-0.39, 0.29) is 5.91 Å². The average molecular weight is 335 g/mol. The Hall–Kier alpha value is -2.12. The quantitative estimate of drug-likeness (QED) is 0.725. The number of anilines is 1. The lowest BCUT2D eigenvalue weighted by Crippen LogP contribution is -2.17. The number of nitrogens with one attached hydrogen (secondary N) is 2. The van der Waals surface area contributed by atoms with Gasteiger partial charge in [-0.3, -0.25) is 4.79 Å². The molecule has 0 radical (unpaired) electrons. The number of ether oxygens (including phenoxy) is 2. The Morgan fingerprint density at radius 1 is 1.26 bits per heavy atom. The first-order valence-electron chi connectivity index (χ1n) is 7.26. The zero-order valence-electron chi connectivity index (χ0n) is 13.5. The fourth-order valence-electron chi connectivity index (χ4n) is 2.08. The molecule has 2 rings (SSSR count). The number of methoxy groups -OCH3 is 2. The Bertz CT molecular complexity index is 658. The molecule has 0 aliphatic rings. The van der Waals surface area contributed by atoms with E-state index in [1.807, 2.05) is 23.6 Å². The molecule has 1 amide bonds. The van der Waals surface area contributed by atoms with Crippen LogP contribution in [0.5, 0.6) is 11.5 Å². The summed E-state index contributed by atoms with van der Waals surface area (Å²) in [6.45, 7) is 2.97. The molecule has 0 fully saturated rings. The van der Waals surface area contributed by atoms with Crippen LogP contribution in [-0.2, 0) is 17.8 Å². The first-order chi connectivity index (χ1) is 11.1. The van der Waals surface area contributed by atoms with Crippen molar-refractivity contribution in [1.82, 2.24) is 10.3 Å². The van der Waals surface area contributed by atoms with Gasteiger partial charge in [0.15, 0.2) is 16.6 Å². The Labute approximate surface area is 139 Å². The molecule has 0 saturated carbocycles. The van der Waals surface area contributed by atoms with Gasteiger partial charge in [0.1, 0.15) is 0 Å². The number of carbonyl (C=O) groups excluding carboxylic acids is 1. The number of carbonyl (C=O) groups is 1. The second-order valence-electron chi connectivity index (χ2n) is 4.94. The Kier molecular flexibility index (Phi) is 6.37. The molecule has 0 unspecified atom stereocenters. The van der Waals surface area contributed by atoms with Gasteiger partial charge in [0, 0.05) is 18.8 Å². The molecule has 7 heteroatoms. The van der Waals surface area contributed by atoms with Crippen LogP contribution in [0.25, 0.3) is 0 Å². The van der Waals surface area contributed by atoms with Crippen LogP contribution in [0, 0.1) is 0 Å². The Morgan fingerprint density at radius 2 is 2.04 bits per heavy atom. The lowest BCUT2D eigenvalue weighted by atomic mass is 10.1. The van der Waals surface area contributed by atoms with E-state index < -0.39 is 0 Å². The van der Waals surface area contributed by atoms with Crippen LogP contribution in [-0.4, -0.2) is 31.7 Å². The molecule has 0 atom stereocenters. The van der Waals surface area contributed by atoms with Crippen LogP contribution in [0.2, 0.25) is 0 Å². The molecule has 2 N–H and O–H groups in total. The smallest absolute Gasteiger partial charge is 0.223 e. The predicted molar refractivity (Wildman–Crippen MR) is 91.4 cm³/mol. The molecule has 0 aliphatic carbocycles. The van der Waals surface area contributed by atoms with E-state index in [4.69, 9.17) is 9.47 Å². The van der Waals surface area contributed by atoms with Crippen LogP contribution >= 0.6 is 11.3 Å². The van der Waals surface area contributed by atoms with E-state index in [0.29, 0.717) is 11.7 Å². The highest BCUT2D eigenvalue weighted by Gasteiger charge is 2.05. The lowest BCUT2D eigenvalue weighted by Gasteiger charge is -2.09. The zero-order chi connectivity index (χ0) is 16.7. The van der Waals surface area contributed by atoms with Crippen LogP contribution in [0.3, 0.4) is 0 Å². The van der Waals surface area contributed by atoms with Gasteiger partial charge < -0.3 is 20.1 Å². The van der Waals surface area contributed by atoms with Gasteiger partial charge in [0.2, 0.25) is 5.91 Å². The summed E-state index contributed by atoms with van der Waals surface area (Å²) < 4.78 is 10.5. The maximum absolute atomic E-state index is 11.0. The van der Waals surface area contributed by atoms with Crippen molar-refractivity contribution < 1.29 is 14.3 Å². The van der Waals surface area contributed by atoms with Gasteiger partial charge >= 0.3 is 0 Å². The first-order valence-corrected chi connectivity index (χ1v) is 8.14. The van der Waals surface area contributed by atoms with Gasteiger partial charge in [0.25, 0.3) is 0 Å². The van der Waals surface area contributed by atoms with Crippen LogP contribution < -0.4 is 20.1 Å². The zero-order valence-corrected chi connectivity index (χ0v) is 14.3. The van der Waals surface area contributed by atoms with Crippen molar-refractivity contribution in [1.29, 1.82) is 0 Å². The number of rotatable bonds is 8. The van der Waals surface area contributed by atoms with Gasteiger partial charge in [-0.15, -0.1) is 11.3 Å². The molecule has 2 aromatic rings. The summed E-state index contributed by atoms with van der Waals surface area (Å²) >= 11 is 1.43. The summed E-state index contributed by atoms with van der Waals surface area (Å²) in [6.07, 6.45) is 0.878. The minimum atomic E-state index is -0.104. The minimum Gasteiger partial charge on any atom is -0.493 e. The number of hydrogen-bond acceptors (Lipinski definition) is 6. The van der Waals surface area contributed by atoms with E-state index in [9.17, 15) is 4.79 Å². The number of nitrogens with zero attached hydrogens (tertiary/aromatic N) is 1. The molecular formula is C16H21N3O3S. The van der Waals surface area contributed by atoms with Gasteiger partial charge in [-0.05, 0) is 30.7 Å². The summed E-state index contributed by atoms with van der Waals surface area (Å²) in [5.74, 6) is 1.37. The maximum atomic E-state index is 11.0. The van der Waals surface area contributed by atoms with Crippen molar-refractivity contribution in [3.63, 3.8) is 0 Å². The maximum Gasteiger partial charge on any atom is 0.223 e. The fraction of sp³-hybridized carbons (Fsp3) is 0.375. The van der Waals surface area contributed by atoms with Gasteiger partial charge in [-0.1, -0.05) is 6.07 Å². The van der Waals surface area contributed by atoms with Crippen molar-refractivity contribution in [2.24, 2.45) is 0 Å². The van der Waals surface area contributed by atoms with Crippen molar-refractivity contribution in [3.8, 4) is 11.5 Å². The van der Waals surface area contributed by atoms with Crippen LogP contribution in [0.4, 0.5) is 5.13 Å². The summed E-state index contributed by atoms with van der Waals surface area (Å²) in [5.41, 5.74) is 2.10. The minimum absolute atomic E-state index is 0.104. The molecule has 124 valence electrons. The molecule has 0 aliphatic heterocycles. The molecule has 23 heavy (non-hydrogen) atoms. The standard InChI is InChI=1S/C16H21N3O3S/c1-11(20)18-16-19-13(10-23-16)9-17-7-6-12-4-5-14(21-2)15(8-12)22-3/h4-5,8,10,17H,6-7,9H2,1-3H3,(H,18,19,20). The molecule has 0 saturated heterocycles. The summed E-state index contributed by atoms with van der Waals surface area (Å²) in [6, 6.07) is 5.92. The first kappa shape index (κ1) is 17.2. The van der Waals surface area contributed by atoms with Crippen LogP contribution in [0.1, 0.15) is 18.2 Å². The number of thiazole rings is 1. The monoisotopic (exact) mass is 335 g/mol. The van der Waals surface area contributed by atoms with Crippen LogP contribution in [0.15, 0.2) is 23.6 Å². The predicted octanol–water partition coefficient (Wildman–Crippen LogP) is 2.45. The van der Waals surface area contributed by atoms with Crippen molar-refractivity contribution >= 4 is 22.4 Å². The van der Waals surface area contributed by atoms with E-state index in [2.05, 4.69) is 15.6 Å². The average Bonchev–Trinajstić information content (AvgIpc) is 2.97. The highest BCUT2D eigenvalue weighted by molar-refractivity contribution is 7.13. The molecular weight excluding hydrogens is 314 g/mol. The third kappa shape index (κ3) is 5.22. The third-order valence-electron chi connectivity index (χ3n) is 3.18. The number of aromatic nitrogens is 1. The van der Waals surface area contributed by atoms with Gasteiger partial charge in [0.05, 0.1) is 19.9 Å². The van der Waals surface area contributed by atoms with Crippen molar-refractivity contribution in [2.45, 2.75) is 19.9 Å². The topological polar surface area (TPSA) is 72.5 Å². The summed E-state index contributed by atoms with van der Waals surface area (Å²) in [4.78, 5) is 15.3. The summed E-state index contributed by atoms with van der Waals surface area (Å²) in [7, 11) is 3.26. The largest absolute Gasteiger partial charge is 0.493 e. The summed E-state index contributed by atoms with van der Waals surface area (Å²) in [5, 5.41) is 8.59. The fourth-order valence-corrected chi connectivity index (χ4v) is 2.84. The van der Waals surface area contributed by atoms with E-state index >= 15 is 0 Å². The van der Waals surface area contributed by atoms with Crippen molar-refractivity contribution in [2.75, 3.05) is 26.1 Å². The number of amides is 1. The van der Waals surface area contributed by atoms with Gasteiger partial charge in [-0.2, -0.15) is 0 Å². The second kappa shape index (κ2) is 8.50. The number of hydrogen-bond donors (Lipinski definition) is 2. The van der Waals surface area contributed by atoms with Crippen molar-refractivity contribution in [3.05, 3.63) is 34.8 Å². The lowest BCUT2D eigenvalue weighted by molar-refractivity contribution is -0.114. The Balaban J connectivity index is 1.79. The molecule has 1 aromatic heterocycles. The SMILES string of the molecule is COc1ccc(CCNCc2csc(NC(C)=O)n2)cc1OC. The Morgan fingerprint density at radius 3 is 2.74 bits per heavy atom. The van der Waals surface area contributed by atoms with E-state index in [0.717, 1.165) is 30.2 Å². The highest BCUT2D eigenvalue weighted by atomic mass is 32.1. The van der Waals surface area contributed by atoms with Gasteiger partial charge in [-0.25, -0.2) is 4.98 Å². The normalized spacial score (nSPS) is 10.4. The molecule has 1 heterocycles.